The summed E-state index contributed by atoms with van der Waals surface area (Å²) in [5, 5.41) is 3.53. The zero-order valence-electron chi connectivity index (χ0n) is 13.9. The first-order valence-electron chi connectivity index (χ1n) is 7.52. The monoisotopic (exact) mass is 337 g/mol. The molecule has 1 heterocycles. The van der Waals surface area contributed by atoms with Gasteiger partial charge in [0.1, 0.15) is 0 Å². The van der Waals surface area contributed by atoms with Gasteiger partial charge in [0.25, 0.3) is 0 Å². The molecule has 0 amide bonds. The fourth-order valence-electron chi connectivity index (χ4n) is 2.28. The van der Waals surface area contributed by atoms with Gasteiger partial charge < -0.3 is 4.52 Å². The molecule has 1 aromatic carbocycles. The minimum Gasteiger partial charge on any atom is -0.338 e. The molecule has 2 atom stereocenters. The molecule has 126 valence electrons. The van der Waals surface area contributed by atoms with Gasteiger partial charge in [-0.1, -0.05) is 35.5 Å². The molecule has 0 aliphatic heterocycles. The molecule has 2 aromatic rings. The van der Waals surface area contributed by atoms with Crippen molar-refractivity contribution in [1.82, 2.24) is 15.0 Å². The van der Waals surface area contributed by atoms with Gasteiger partial charge in [0.2, 0.25) is 5.89 Å². The van der Waals surface area contributed by atoms with Crippen molar-refractivity contribution >= 4 is 9.84 Å². The average Bonchev–Trinajstić information content (AvgIpc) is 2.92. The maximum atomic E-state index is 11.7. The largest absolute Gasteiger partial charge is 0.338 e. The molecule has 6 nitrogen and oxygen atoms in total. The van der Waals surface area contributed by atoms with E-state index in [2.05, 4.69) is 10.1 Å². The van der Waals surface area contributed by atoms with Gasteiger partial charge in [0.05, 0.1) is 11.8 Å². The van der Waals surface area contributed by atoms with Crippen molar-refractivity contribution in [3.63, 3.8) is 0 Å². The van der Waals surface area contributed by atoms with Gasteiger partial charge in [0, 0.05) is 18.7 Å². The lowest BCUT2D eigenvalue weighted by Crippen LogP contribution is -2.40. The fourth-order valence-corrected chi connectivity index (χ4v) is 3.20. The van der Waals surface area contributed by atoms with E-state index in [9.17, 15) is 8.42 Å². The van der Waals surface area contributed by atoms with E-state index >= 15 is 0 Å². The summed E-state index contributed by atoms with van der Waals surface area (Å²) in [5.74, 6) is 1.12. The van der Waals surface area contributed by atoms with Crippen molar-refractivity contribution < 1.29 is 12.9 Å². The van der Waals surface area contributed by atoms with E-state index in [4.69, 9.17) is 4.52 Å². The Bertz CT molecular complexity index is 728. The van der Waals surface area contributed by atoms with E-state index in [0.29, 0.717) is 24.7 Å². The molecule has 7 heteroatoms. The van der Waals surface area contributed by atoms with Gasteiger partial charge in [0.15, 0.2) is 15.7 Å². The van der Waals surface area contributed by atoms with Crippen LogP contribution in [-0.4, -0.2) is 48.1 Å². The summed E-state index contributed by atoms with van der Waals surface area (Å²) in [7, 11) is -1.23. The van der Waals surface area contributed by atoms with Crippen LogP contribution in [0.15, 0.2) is 34.9 Å². The van der Waals surface area contributed by atoms with Crippen LogP contribution in [0.1, 0.15) is 31.1 Å². The van der Waals surface area contributed by atoms with Crippen LogP contribution in [0.4, 0.5) is 0 Å². The molecule has 1 aromatic heterocycles. The first-order chi connectivity index (χ1) is 10.8. The number of hydrogen-bond acceptors (Lipinski definition) is 6. The Balaban J connectivity index is 1.98. The van der Waals surface area contributed by atoms with Crippen LogP contribution in [0.2, 0.25) is 0 Å². The van der Waals surface area contributed by atoms with E-state index in [1.165, 1.54) is 6.26 Å². The Morgan fingerprint density at radius 1 is 1.22 bits per heavy atom. The standard InChI is InChI=1S/C16H23N3O3S/c1-12(13(2)23(4,20)21)19(3)11-16-17-15(18-22-16)10-14-8-6-5-7-9-14/h5-9,12-13H,10-11H2,1-4H3/t12-,13+/m0/s1. The molecule has 2 rings (SSSR count). The second-order valence-electron chi connectivity index (χ2n) is 5.96. The molecule has 0 saturated carbocycles. The molecule has 0 spiro atoms. The third-order valence-electron chi connectivity index (χ3n) is 4.15. The number of rotatable bonds is 7. The van der Waals surface area contributed by atoms with Crippen LogP contribution in [0.3, 0.4) is 0 Å². The Labute approximate surface area is 137 Å². The highest BCUT2D eigenvalue weighted by atomic mass is 32.2. The molecule has 0 N–H and O–H groups in total. The van der Waals surface area contributed by atoms with Crippen LogP contribution in [0, 0.1) is 0 Å². The van der Waals surface area contributed by atoms with E-state index in [0.717, 1.165) is 5.56 Å². The first kappa shape index (κ1) is 17.6. The minimum absolute atomic E-state index is 0.144. The number of sulfone groups is 1. The molecule has 23 heavy (non-hydrogen) atoms. The number of nitrogens with zero attached hydrogens (tertiary/aromatic N) is 3. The fraction of sp³-hybridized carbons (Fsp3) is 0.500. The molecule has 0 saturated heterocycles. The van der Waals surface area contributed by atoms with Crippen LogP contribution < -0.4 is 0 Å². The SMILES string of the molecule is C[C@H]([C@H](C)N(C)Cc1nc(Cc2ccccc2)no1)S(C)(=O)=O. The van der Waals surface area contributed by atoms with Gasteiger partial charge in [-0.3, -0.25) is 4.90 Å². The highest BCUT2D eigenvalue weighted by molar-refractivity contribution is 7.91. The van der Waals surface area contributed by atoms with Crippen molar-refractivity contribution in [1.29, 1.82) is 0 Å². The van der Waals surface area contributed by atoms with Gasteiger partial charge in [-0.25, -0.2) is 8.42 Å². The Hall–Kier alpha value is -1.73. The Morgan fingerprint density at radius 3 is 2.48 bits per heavy atom. The Kier molecular flexibility index (Phi) is 5.54. The second kappa shape index (κ2) is 7.23. The average molecular weight is 337 g/mol. The highest BCUT2D eigenvalue weighted by Crippen LogP contribution is 2.13. The summed E-state index contributed by atoms with van der Waals surface area (Å²) in [6, 6.07) is 9.78. The summed E-state index contributed by atoms with van der Waals surface area (Å²) in [4.78, 5) is 6.29. The van der Waals surface area contributed by atoms with Crippen molar-refractivity contribution in [2.75, 3.05) is 13.3 Å². The highest BCUT2D eigenvalue weighted by Gasteiger charge is 2.26. The van der Waals surface area contributed by atoms with E-state index in [1.807, 2.05) is 49.2 Å². The van der Waals surface area contributed by atoms with E-state index in [1.54, 1.807) is 6.92 Å². The molecular weight excluding hydrogens is 314 g/mol. The molecule has 0 aliphatic rings. The normalized spacial score (nSPS) is 14.8. The third-order valence-corrected chi connectivity index (χ3v) is 5.89. The summed E-state index contributed by atoms with van der Waals surface area (Å²) < 4.78 is 28.6. The summed E-state index contributed by atoms with van der Waals surface area (Å²) in [6.07, 6.45) is 1.87. The molecule has 0 bridgehead atoms. The molecule has 0 fully saturated rings. The Morgan fingerprint density at radius 2 is 1.87 bits per heavy atom. The molecule has 0 radical (unpaired) electrons. The van der Waals surface area contributed by atoms with Crippen molar-refractivity contribution in [3.8, 4) is 0 Å². The molecular formula is C16H23N3O3S. The summed E-state index contributed by atoms with van der Waals surface area (Å²) in [5.41, 5.74) is 1.12. The van der Waals surface area contributed by atoms with Crippen LogP contribution in [0.5, 0.6) is 0 Å². The predicted octanol–water partition coefficient (Wildman–Crippen LogP) is 1.91. The lowest BCUT2D eigenvalue weighted by atomic mass is 10.1. The van der Waals surface area contributed by atoms with Crippen LogP contribution >= 0.6 is 0 Å². The molecule has 0 unspecified atom stereocenters. The van der Waals surface area contributed by atoms with Gasteiger partial charge in [-0.05, 0) is 26.5 Å². The number of hydrogen-bond donors (Lipinski definition) is 0. The van der Waals surface area contributed by atoms with Crippen molar-refractivity contribution in [2.45, 2.75) is 38.1 Å². The summed E-state index contributed by atoms with van der Waals surface area (Å²) >= 11 is 0. The predicted molar refractivity (Wildman–Crippen MR) is 88.8 cm³/mol. The van der Waals surface area contributed by atoms with Crippen LogP contribution in [0.25, 0.3) is 0 Å². The quantitative estimate of drug-likeness (QED) is 0.768. The maximum Gasteiger partial charge on any atom is 0.240 e. The lowest BCUT2D eigenvalue weighted by Gasteiger charge is -2.27. The summed E-state index contributed by atoms with van der Waals surface area (Å²) in [6.45, 7) is 4.01. The second-order valence-corrected chi connectivity index (χ2v) is 8.36. The third kappa shape index (κ3) is 4.87. The van der Waals surface area contributed by atoms with E-state index < -0.39 is 15.1 Å². The lowest BCUT2D eigenvalue weighted by molar-refractivity contribution is 0.211. The van der Waals surface area contributed by atoms with Gasteiger partial charge in [-0.15, -0.1) is 0 Å². The number of benzene rings is 1. The smallest absolute Gasteiger partial charge is 0.240 e. The topological polar surface area (TPSA) is 76.3 Å². The molecule has 0 aliphatic carbocycles. The zero-order valence-corrected chi connectivity index (χ0v) is 14.7. The van der Waals surface area contributed by atoms with Crippen molar-refractivity contribution in [3.05, 3.63) is 47.6 Å². The van der Waals surface area contributed by atoms with Gasteiger partial charge in [-0.2, -0.15) is 4.98 Å². The first-order valence-corrected chi connectivity index (χ1v) is 9.47. The maximum absolute atomic E-state index is 11.7. The number of aromatic nitrogens is 2. The zero-order chi connectivity index (χ0) is 17.0. The van der Waals surface area contributed by atoms with Crippen molar-refractivity contribution in [2.24, 2.45) is 0 Å². The van der Waals surface area contributed by atoms with E-state index in [-0.39, 0.29) is 6.04 Å². The minimum atomic E-state index is -3.08. The van der Waals surface area contributed by atoms with Crippen LogP contribution in [-0.2, 0) is 22.8 Å². The van der Waals surface area contributed by atoms with Gasteiger partial charge >= 0.3 is 0 Å².